The molecule has 0 aliphatic rings. The third kappa shape index (κ3) is 4.65. The Morgan fingerprint density at radius 3 is 2.56 bits per heavy atom. The van der Waals surface area contributed by atoms with Crippen LogP contribution in [0.4, 0.5) is 0 Å². The minimum absolute atomic E-state index is 0.261. The molecule has 0 aliphatic carbocycles. The van der Waals surface area contributed by atoms with Crippen molar-refractivity contribution in [1.29, 1.82) is 0 Å². The molecule has 1 heterocycles. The summed E-state index contributed by atoms with van der Waals surface area (Å²) in [6.07, 6.45) is 5.07. The summed E-state index contributed by atoms with van der Waals surface area (Å²) in [7, 11) is 0. The molecule has 0 saturated heterocycles. The first-order valence-electron chi connectivity index (χ1n) is 9.89. The van der Waals surface area contributed by atoms with Crippen LogP contribution in [0.25, 0.3) is 22.1 Å². The number of unbranched alkanes of at least 4 members (excludes halogenated alkanes) is 1. The van der Waals surface area contributed by atoms with Gasteiger partial charge in [-0.05, 0) is 48.6 Å². The number of thioether (sulfide) groups is 1. The van der Waals surface area contributed by atoms with Crippen molar-refractivity contribution in [2.45, 2.75) is 51.3 Å². The van der Waals surface area contributed by atoms with E-state index in [0.717, 1.165) is 28.2 Å². The molecule has 3 heteroatoms. The summed E-state index contributed by atoms with van der Waals surface area (Å²) in [5.41, 5.74) is 2.98. The average Bonchev–Trinajstić information content (AvgIpc) is 2.69. The predicted octanol–water partition coefficient (Wildman–Crippen LogP) is 7.08. The molecule has 2 nitrogen and oxygen atoms in total. The van der Waals surface area contributed by atoms with Crippen LogP contribution in [0.1, 0.15) is 45.1 Å². The van der Waals surface area contributed by atoms with E-state index in [1.165, 1.54) is 30.6 Å². The second-order valence-electron chi connectivity index (χ2n) is 7.14. The van der Waals surface area contributed by atoms with E-state index in [4.69, 9.17) is 4.42 Å². The van der Waals surface area contributed by atoms with E-state index in [9.17, 15) is 4.79 Å². The van der Waals surface area contributed by atoms with Crippen molar-refractivity contribution in [3.8, 4) is 11.1 Å². The van der Waals surface area contributed by atoms with Gasteiger partial charge in [-0.3, -0.25) is 0 Å². The molecule has 0 amide bonds. The van der Waals surface area contributed by atoms with Crippen LogP contribution in [0.3, 0.4) is 0 Å². The van der Waals surface area contributed by atoms with E-state index in [-0.39, 0.29) is 5.63 Å². The minimum atomic E-state index is -0.261. The summed E-state index contributed by atoms with van der Waals surface area (Å²) >= 11 is 1.87. The molecule has 0 N–H and O–H groups in total. The first-order valence-corrected chi connectivity index (χ1v) is 10.9. The molecule has 0 bridgehead atoms. The molecular formula is C24H28O2S. The summed E-state index contributed by atoms with van der Waals surface area (Å²) in [6.45, 7) is 6.53. The molecule has 27 heavy (non-hydrogen) atoms. The Kier molecular flexibility index (Phi) is 6.78. The van der Waals surface area contributed by atoms with E-state index in [0.29, 0.717) is 11.1 Å². The molecule has 1 unspecified atom stereocenters. The fourth-order valence-corrected chi connectivity index (χ4v) is 4.66. The maximum atomic E-state index is 12.6. The molecule has 142 valence electrons. The van der Waals surface area contributed by atoms with Gasteiger partial charge in [-0.25, -0.2) is 4.79 Å². The lowest BCUT2D eigenvalue weighted by atomic mass is 10.00. The molecule has 0 radical (unpaired) electrons. The zero-order valence-corrected chi connectivity index (χ0v) is 17.3. The fraction of sp³-hybridized carbons (Fsp3) is 0.375. The predicted molar refractivity (Wildman–Crippen MR) is 117 cm³/mol. The minimum Gasteiger partial charge on any atom is -0.422 e. The largest absolute Gasteiger partial charge is 0.422 e. The Morgan fingerprint density at radius 1 is 1.07 bits per heavy atom. The van der Waals surface area contributed by atoms with Gasteiger partial charge in [0.1, 0.15) is 5.58 Å². The van der Waals surface area contributed by atoms with Crippen LogP contribution in [-0.4, -0.2) is 5.75 Å². The molecule has 0 aliphatic heterocycles. The van der Waals surface area contributed by atoms with Crippen LogP contribution in [-0.2, 0) is 0 Å². The zero-order valence-electron chi connectivity index (χ0n) is 16.5. The number of hydrogen-bond donors (Lipinski definition) is 0. The molecule has 2 aromatic carbocycles. The van der Waals surface area contributed by atoms with E-state index >= 15 is 0 Å². The topological polar surface area (TPSA) is 30.2 Å². The maximum Gasteiger partial charge on any atom is 0.344 e. The number of fused-ring (bicyclic) bond motifs is 1. The molecule has 0 saturated carbocycles. The lowest BCUT2D eigenvalue weighted by Gasteiger charge is -2.14. The van der Waals surface area contributed by atoms with Crippen molar-refractivity contribution in [1.82, 2.24) is 0 Å². The Bertz CT molecular complexity index is 944. The van der Waals surface area contributed by atoms with Crippen molar-refractivity contribution < 1.29 is 4.42 Å². The van der Waals surface area contributed by atoms with Crippen molar-refractivity contribution in [2.75, 3.05) is 5.75 Å². The SMILES string of the molecule is CCCCC(CC)CSc1ccc2c(C)c(-c3ccccc3)c(=O)oc2c1. The number of benzene rings is 2. The highest BCUT2D eigenvalue weighted by Gasteiger charge is 2.14. The van der Waals surface area contributed by atoms with Gasteiger partial charge in [0.15, 0.2) is 0 Å². The highest BCUT2D eigenvalue weighted by molar-refractivity contribution is 7.99. The molecular weight excluding hydrogens is 352 g/mol. The van der Waals surface area contributed by atoms with Gasteiger partial charge in [0.2, 0.25) is 0 Å². The average molecular weight is 381 g/mol. The third-order valence-electron chi connectivity index (χ3n) is 5.23. The Labute approximate surface area is 166 Å². The summed E-state index contributed by atoms with van der Waals surface area (Å²) in [4.78, 5) is 13.8. The Balaban J connectivity index is 1.87. The maximum absolute atomic E-state index is 12.6. The first-order chi connectivity index (χ1) is 13.1. The van der Waals surface area contributed by atoms with Crippen molar-refractivity contribution >= 4 is 22.7 Å². The highest BCUT2D eigenvalue weighted by Crippen LogP contribution is 2.31. The van der Waals surface area contributed by atoms with Gasteiger partial charge >= 0.3 is 5.63 Å². The van der Waals surface area contributed by atoms with Crippen molar-refractivity contribution in [3.63, 3.8) is 0 Å². The van der Waals surface area contributed by atoms with E-state index in [1.54, 1.807) is 0 Å². The zero-order chi connectivity index (χ0) is 19.2. The normalized spacial score (nSPS) is 12.4. The second kappa shape index (κ2) is 9.27. The highest BCUT2D eigenvalue weighted by atomic mass is 32.2. The molecule has 3 aromatic rings. The third-order valence-corrected chi connectivity index (χ3v) is 6.46. The van der Waals surface area contributed by atoms with Gasteiger partial charge in [-0.2, -0.15) is 0 Å². The number of hydrogen-bond acceptors (Lipinski definition) is 3. The van der Waals surface area contributed by atoms with Gasteiger partial charge in [0.05, 0.1) is 5.56 Å². The van der Waals surface area contributed by atoms with Gasteiger partial charge in [0.25, 0.3) is 0 Å². The van der Waals surface area contributed by atoms with Gasteiger partial charge < -0.3 is 4.42 Å². The van der Waals surface area contributed by atoms with Crippen molar-refractivity contribution in [2.24, 2.45) is 5.92 Å². The fourth-order valence-electron chi connectivity index (χ4n) is 3.48. The summed E-state index contributed by atoms with van der Waals surface area (Å²) in [5, 5.41) is 1.01. The van der Waals surface area contributed by atoms with E-state index < -0.39 is 0 Å². The van der Waals surface area contributed by atoms with Crippen LogP contribution in [0.5, 0.6) is 0 Å². The van der Waals surface area contributed by atoms with Crippen LogP contribution in [0, 0.1) is 12.8 Å². The van der Waals surface area contributed by atoms with E-state index in [2.05, 4.69) is 26.0 Å². The molecule has 0 fully saturated rings. The standard InChI is InChI=1S/C24H28O2S/c1-4-6-10-18(5-2)16-27-20-13-14-21-17(3)23(19-11-8-7-9-12-19)24(25)26-22(21)15-20/h7-9,11-15,18H,4-6,10,16H2,1-3H3. The summed E-state index contributed by atoms with van der Waals surface area (Å²) in [6, 6.07) is 16.0. The number of rotatable bonds is 8. The molecule has 1 atom stereocenters. The molecule has 3 rings (SSSR count). The molecule has 1 aromatic heterocycles. The lowest BCUT2D eigenvalue weighted by molar-refractivity contribution is 0.499. The summed E-state index contributed by atoms with van der Waals surface area (Å²) in [5.74, 6) is 1.87. The van der Waals surface area contributed by atoms with Gasteiger partial charge in [-0.15, -0.1) is 11.8 Å². The van der Waals surface area contributed by atoms with Gasteiger partial charge in [-0.1, -0.05) is 63.4 Å². The smallest absolute Gasteiger partial charge is 0.344 e. The molecule has 0 spiro atoms. The Morgan fingerprint density at radius 2 is 1.85 bits per heavy atom. The van der Waals surface area contributed by atoms with Crippen LogP contribution >= 0.6 is 11.8 Å². The van der Waals surface area contributed by atoms with Crippen LogP contribution in [0.2, 0.25) is 0 Å². The Hall–Kier alpha value is -2.00. The second-order valence-corrected chi connectivity index (χ2v) is 8.23. The van der Waals surface area contributed by atoms with Crippen LogP contribution < -0.4 is 5.63 Å². The van der Waals surface area contributed by atoms with Gasteiger partial charge in [0, 0.05) is 16.0 Å². The van der Waals surface area contributed by atoms with Crippen LogP contribution in [0.15, 0.2) is 62.6 Å². The first kappa shape index (κ1) is 19.8. The van der Waals surface area contributed by atoms with Crippen molar-refractivity contribution in [3.05, 3.63) is 64.5 Å². The number of aryl methyl sites for hydroxylation is 1. The lowest BCUT2D eigenvalue weighted by Crippen LogP contribution is -2.06. The summed E-state index contributed by atoms with van der Waals surface area (Å²) < 4.78 is 5.70. The monoisotopic (exact) mass is 380 g/mol. The quantitative estimate of drug-likeness (QED) is 0.309. The van der Waals surface area contributed by atoms with E-state index in [1.807, 2.05) is 55.1 Å².